The Morgan fingerprint density at radius 3 is 2.00 bits per heavy atom. The summed E-state index contributed by atoms with van der Waals surface area (Å²) in [5.41, 5.74) is 1.07. The molecule has 178 valence electrons. The van der Waals surface area contributed by atoms with Gasteiger partial charge in [-0.1, -0.05) is 66.2 Å². The number of benzene rings is 4. The standard InChI is InChI=1S/C27H23ClN2O4S/c28-26-14-8-7-9-21(26)19-29-27(31)20-30(35(32,33)25-12-5-2-6-13-25)22-15-17-24(18-16-22)34-23-10-3-1-4-11-23/h1-18H,19-20H2,(H,29,31). The normalized spacial score (nSPS) is 11.0. The maximum Gasteiger partial charge on any atom is 0.264 e. The van der Waals surface area contributed by atoms with Crippen LogP contribution >= 0.6 is 11.6 Å². The number of halogens is 1. The van der Waals surface area contributed by atoms with Crippen LogP contribution in [0.4, 0.5) is 5.69 Å². The fraction of sp³-hybridized carbons (Fsp3) is 0.0741. The van der Waals surface area contributed by atoms with Gasteiger partial charge in [0.25, 0.3) is 10.0 Å². The highest BCUT2D eigenvalue weighted by Gasteiger charge is 2.27. The molecule has 0 heterocycles. The average molecular weight is 507 g/mol. The maximum absolute atomic E-state index is 13.5. The zero-order valence-electron chi connectivity index (χ0n) is 18.7. The molecule has 4 aromatic carbocycles. The van der Waals surface area contributed by atoms with E-state index in [0.717, 1.165) is 9.87 Å². The minimum absolute atomic E-state index is 0.0866. The Labute approximate surface area is 209 Å². The smallest absolute Gasteiger partial charge is 0.264 e. The average Bonchev–Trinajstić information content (AvgIpc) is 2.88. The van der Waals surface area contributed by atoms with Crippen LogP contribution in [0.25, 0.3) is 0 Å². The molecule has 0 aliphatic heterocycles. The highest BCUT2D eigenvalue weighted by atomic mass is 35.5. The van der Waals surface area contributed by atoms with Gasteiger partial charge in [-0.2, -0.15) is 0 Å². The molecule has 0 aromatic heterocycles. The number of carbonyl (C=O) groups excluding carboxylic acids is 1. The summed E-state index contributed by atoms with van der Waals surface area (Å²) in [4.78, 5) is 12.9. The Hall–Kier alpha value is -3.81. The van der Waals surface area contributed by atoms with Crippen LogP contribution < -0.4 is 14.4 Å². The Balaban J connectivity index is 1.57. The molecular weight excluding hydrogens is 484 g/mol. The van der Waals surface area contributed by atoms with Crippen LogP contribution in [-0.4, -0.2) is 20.9 Å². The van der Waals surface area contributed by atoms with Crippen molar-refractivity contribution in [1.82, 2.24) is 5.32 Å². The van der Waals surface area contributed by atoms with Crippen LogP contribution in [0, 0.1) is 0 Å². The molecule has 4 aromatic rings. The lowest BCUT2D eigenvalue weighted by molar-refractivity contribution is -0.119. The summed E-state index contributed by atoms with van der Waals surface area (Å²) in [5, 5.41) is 3.28. The third-order valence-electron chi connectivity index (χ3n) is 5.16. The number of nitrogens with one attached hydrogen (secondary N) is 1. The molecule has 6 nitrogen and oxygen atoms in total. The van der Waals surface area contributed by atoms with Crippen LogP contribution in [0.1, 0.15) is 5.56 Å². The van der Waals surface area contributed by atoms with Crippen molar-refractivity contribution in [3.8, 4) is 11.5 Å². The number of hydrogen-bond donors (Lipinski definition) is 1. The lowest BCUT2D eigenvalue weighted by atomic mass is 10.2. The van der Waals surface area contributed by atoms with Gasteiger partial charge in [0, 0.05) is 11.6 Å². The topological polar surface area (TPSA) is 75.7 Å². The van der Waals surface area contributed by atoms with Gasteiger partial charge in [0.05, 0.1) is 10.6 Å². The van der Waals surface area contributed by atoms with Gasteiger partial charge < -0.3 is 10.1 Å². The summed E-state index contributed by atoms with van der Waals surface area (Å²) in [6.45, 7) is -0.220. The molecule has 35 heavy (non-hydrogen) atoms. The van der Waals surface area contributed by atoms with Crippen molar-refractivity contribution in [3.63, 3.8) is 0 Å². The molecule has 0 saturated heterocycles. The highest BCUT2D eigenvalue weighted by Crippen LogP contribution is 2.28. The number of rotatable bonds is 9. The van der Waals surface area contributed by atoms with Crippen LogP contribution in [-0.2, 0) is 21.4 Å². The summed E-state index contributed by atoms with van der Waals surface area (Å²) in [5.74, 6) is 0.738. The molecule has 0 atom stereocenters. The Bertz CT molecular complexity index is 1380. The molecule has 0 bridgehead atoms. The summed E-state index contributed by atoms with van der Waals surface area (Å²) in [6, 6.07) is 31.0. The minimum Gasteiger partial charge on any atom is -0.457 e. The molecule has 0 aliphatic carbocycles. The number of amides is 1. The summed E-state index contributed by atoms with van der Waals surface area (Å²) in [7, 11) is -4.01. The number of hydrogen-bond acceptors (Lipinski definition) is 4. The lowest BCUT2D eigenvalue weighted by Crippen LogP contribution is -2.40. The maximum atomic E-state index is 13.5. The molecule has 0 saturated carbocycles. The highest BCUT2D eigenvalue weighted by molar-refractivity contribution is 7.92. The Morgan fingerprint density at radius 2 is 1.34 bits per heavy atom. The first-order valence-corrected chi connectivity index (χ1v) is 12.7. The molecule has 0 radical (unpaired) electrons. The van der Waals surface area contributed by atoms with E-state index in [1.807, 2.05) is 36.4 Å². The number of ether oxygens (including phenoxy) is 1. The molecule has 0 unspecified atom stereocenters. The monoisotopic (exact) mass is 506 g/mol. The molecule has 0 spiro atoms. The van der Waals surface area contributed by atoms with E-state index in [-0.39, 0.29) is 11.4 Å². The van der Waals surface area contributed by atoms with Gasteiger partial charge in [-0.15, -0.1) is 0 Å². The van der Waals surface area contributed by atoms with Crippen molar-refractivity contribution in [3.05, 3.63) is 120 Å². The number of sulfonamides is 1. The van der Waals surface area contributed by atoms with E-state index >= 15 is 0 Å². The van der Waals surface area contributed by atoms with E-state index in [9.17, 15) is 13.2 Å². The van der Waals surface area contributed by atoms with Crippen LogP contribution in [0.15, 0.2) is 114 Å². The van der Waals surface area contributed by atoms with Crippen LogP contribution in [0.2, 0.25) is 5.02 Å². The Kier molecular flexibility index (Phi) is 7.70. The summed E-state index contributed by atoms with van der Waals surface area (Å²) >= 11 is 6.17. The molecule has 0 aliphatic rings. The lowest BCUT2D eigenvalue weighted by Gasteiger charge is -2.24. The van der Waals surface area contributed by atoms with Crippen molar-refractivity contribution in [1.29, 1.82) is 0 Å². The largest absolute Gasteiger partial charge is 0.457 e. The summed E-state index contributed by atoms with van der Waals surface area (Å²) < 4.78 is 33.8. The fourth-order valence-electron chi connectivity index (χ4n) is 3.36. The first-order chi connectivity index (χ1) is 16.9. The zero-order chi connectivity index (χ0) is 24.7. The quantitative estimate of drug-likeness (QED) is 0.318. The number of nitrogens with zero attached hydrogens (tertiary/aromatic N) is 1. The van der Waals surface area contributed by atoms with E-state index in [2.05, 4.69) is 5.32 Å². The molecule has 4 rings (SSSR count). The van der Waals surface area contributed by atoms with E-state index in [4.69, 9.17) is 16.3 Å². The van der Waals surface area contributed by atoms with E-state index < -0.39 is 22.5 Å². The number of para-hydroxylation sites is 1. The molecule has 1 amide bonds. The van der Waals surface area contributed by atoms with E-state index in [1.54, 1.807) is 60.7 Å². The van der Waals surface area contributed by atoms with Crippen molar-refractivity contribution >= 4 is 33.2 Å². The van der Waals surface area contributed by atoms with E-state index in [1.165, 1.54) is 12.1 Å². The van der Waals surface area contributed by atoms with Gasteiger partial charge >= 0.3 is 0 Å². The van der Waals surface area contributed by atoms with Gasteiger partial charge in [-0.25, -0.2) is 8.42 Å². The van der Waals surface area contributed by atoms with Gasteiger partial charge in [0.1, 0.15) is 18.0 Å². The first kappa shape index (κ1) is 24.3. The van der Waals surface area contributed by atoms with Gasteiger partial charge in [0.15, 0.2) is 0 Å². The Morgan fingerprint density at radius 1 is 0.771 bits per heavy atom. The third kappa shape index (κ3) is 6.20. The predicted octanol–water partition coefficient (Wildman–Crippen LogP) is 5.64. The predicted molar refractivity (Wildman–Crippen MR) is 137 cm³/mol. The second kappa shape index (κ2) is 11.1. The van der Waals surface area contributed by atoms with Crippen molar-refractivity contribution < 1.29 is 17.9 Å². The first-order valence-electron chi connectivity index (χ1n) is 10.8. The minimum atomic E-state index is -4.01. The van der Waals surface area contributed by atoms with Gasteiger partial charge in [-0.3, -0.25) is 9.10 Å². The zero-order valence-corrected chi connectivity index (χ0v) is 20.2. The SMILES string of the molecule is O=C(CN(c1ccc(Oc2ccccc2)cc1)S(=O)(=O)c1ccccc1)NCc1ccccc1Cl. The number of carbonyl (C=O) groups is 1. The second-order valence-corrected chi connectivity index (χ2v) is 9.87. The van der Waals surface area contributed by atoms with Crippen molar-refractivity contribution in [2.75, 3.05) is 10.8 Å². The van der Waals surface area contributed by atoms with E-state index in [0.29, 0.717) is 22.2 Å². The second-order valence-electron chi connectivity index (χ2n) is 7.60. The van der Waals surface area contributed by atoms with Crippen LogP contribution in [0.5, 0.6) is 11.5 Å². The van der Waals surface area contributed by atoms with Crippen LogP contribution in [0.3, 0.4) is 0 Å². The van der Waals surface area contributed by atoms with Crippen molar-refractivity contribution in [2.45, 2.75) is 11.4 Å². The van der Waals surface area contributed by atoms with Crippen molar-refractivity contribution in [2.24, 2.45) is 0 Å². The van der Waals surface area contributed by atoms with Gasteiger partial charge in [0.2, 0.25) is 5.91 Å². The third-order valence-corrected chi connectivity index (χ3v) is 7.31. The summed E-state index contributed by atoms with van der Waals surface area (Å²) in [6.07, 6.45) is 0. The molecule has 1 N–H and O–H groups in total. The molecule has 0 fully saturated rings. The molecular formula is C27H23ClN2O4S. The molecule has 8 heteroatoms. The number of anilines is 1. The fourth-order valence-corrected chi connectivity index (χ4v) is 5.01. The van der Waals surface area contributed by atoms with Gasteiger partial charge in [-0.05, 0) is 60.2 Å².